The van der Waals surface area contributed by atoms with Crippen LogP contribution >= 0.6 is 0 Å². The van der Waals surface area contributed by atoms with Crippen molar-refractivity contribution in [3.63, 3.8) is 0 Å². The van der Waals surface area contributed by atoms with E-state index >= 15 is 0 Å². The van der Waals surface area contributed by atoms with Crippen LogP contribution < -0.4 is 0 Å². The van der Waals surface area contributed by atoms with Crippen LogP contribution in [0.5, 0.6) is 0 Å². The summed E-state index contributed by atoms with van der Waals surface area (Å²) >= 11 is -3.70. The molecule has 0 aliphatic carbocycles. The molecule has 66 valence electrons. The van der Waals surface area contributed by atoms with E-state index in [0.717, 1.165) is 0 Å². The fourth-order valence-corrected chi connectivity index (χ4v) is 2.93. The van der Waals surface area contributed by atoms with Crippen molar-refractivity contribution >= 4 is 36.8 Å². The van der Waals surface area contributed by atoms with E-state index in [1.807, 2.05) is 0 Å². The third-order valence-corrected chi connectivity index (χ3v) is 5.93. The molecule has 12 heavy (non-hydrogen) atoms. The van der Waals surface area contributed by atoms with Crippen molar-refractivity contribution in [3.8, 4) is 19.7 Å². The van der Waals surface area contributed by atoms with Crippen molar-refractivity contribution in [2.24, 2.45) is 0 Å². The van der Waals surface area contributed by atoms with Gasteiger partial charge in [0.25, 0.3) is 0 Å². The summed E-state index contributed by atoms with van der Waals surface area (Å²) in [6.07, 6.45) is 0. The Morgan fingerprint density at radius 1 is 0.583 bits per heavy atom. The molecule has 0 fully saturated rings. The first kappa shape index (κ1) is 12.7. The van der Waals surface area contributed by atoms with Crippen LogP contribution in [0.3, 0.4) is 0 Å². The number of rotatable bonds is 0. The van der Waals surface area contributed by atoms with Crippen molar-refractivity contribution in [3.05, 3.63) is 0 Å². The van der Waals surface area contributed by atoms with Crippen LogP contribution in [0.1, 0.15) is 0 Å². The van der Waals surface area contributed by atoms with E-state index < -0.39 is 36.8 Å². The molecule has 0 radical (unpaired) electrons. The van der Waals surface area contributed by atoms with Crippen molar-refractivity contribution < 1.29 is 0 Å². The molecule has 0 aliphatic rings. The summed E-state index contributed by atoms with van der Waals surface area (Å²) in [5, 5.41) is 0. The van der Waals surface area contributed by atoms with Gasteiger partial charge in [0.05, 0.1) is 0 Å². The van der Waals surface area contributed by atoms with Crippen molar-refractivity contribution in [1.29, 1.82) is 0 Å². The van der Waals surface area contributed by atoms with Gasteiger partial charge in [-0.3, -0.25) is 0 Å². The summed E-state index contributed by atoms with van der Waals surface area (Å²) in [7, 11) is 0. The zero-order valence-corrected chi connectivity index (χ0v) is 14.7. The van der Waals surface area contributed by atoms with Crippen LogP contribution in [0.15, 0.2) is 0 Å². The maximum atomic E-state index is 3.31. The van der Waals surface area contributed by atoms with Gasteiger partial charge in [-0.1, -0.05) is 0 Å². The fraction of sp³-hybridized carbons (Fsp3) is 0.600. The molecule has 0 spiro atoms. The molecule has 0 aliphatic heterocycles. The Hall–Kier alpha value is 0.717. The van der Waals surface area contributed by atoms with E-state index in [4.69, 9.17) is 0 Å². The molecule has 0 amide bonds. The summed E-state index contributed by atoms with van der Waals surface area (Å²) in [5.74, 6) is 6.03. The predicted molar refractivity (Wildman–Crippen MR) is 62.2 cm³/mol. The van der Waals surface area contributed by atoms with Crippen LogP contribution in [-0.4, -0.2) is 36.8 Å². The van der Waals surface area contributed by atoms with Gasteiger partial charge in [-0.25, -0.2) is 0 Å². The fourth-order valence-electron chi connectivity index (χ4n) is 0.438. The van der Waals surface area contributed by atoms with Gasteiger partial charge >= 0.3 is 86.1 Å². The third-order valence-electron chi connectivity index (χ3n) is 0.938. The molecule has 0 saturated heterocycles. The molecular formula is C10H18Sn2. The molecular weight excluding hydrogens is 358 g/mol. The van der Waals surface area contributed by atoms with Gasteiger partial charge in [0.15, 0.2) is 0 Å². The Labute approximate surface area is 85.3 Å². The molecule has 0 aromatic heterocycles. The van der Waals surface area contributed by atoms with E-state index in [-0.39, 0.29) is 0 Å². The van der Waals surface area contributed by atoms with Crippen LogP contribution in [0.2, 0.25) is 29.6 Å². The molecule has 0 heterocycles. The molecule has 2 heteroatoms. The van der Waals surface area contributed by atoms with Gasteiger partial charge in [0.2, 0.25) is 0 Å². The first-order chi connectivity index (χ1) is 5.21. The van der Waals surface area contributed by atoms with Gasteiger partial charge in [-0.15, -0.1) is 0 Å². The zero-order chi connectivity index (χ0) is 9.83. The second kappa shape index (κ2) is 4.82. The molecule has 0 aromatic carbocycles. The van der Waals surface area contributed by atoms with Gasteiger partial charge in [0, 0.05) is 0 Å². The standard InChI is InChI=1S/C4.6CH3.2Sn/c1-3-4-2;;;;;;;;/h;6*1H3;;. The summed E-state index contributed by atoms with van der Waals surface area (Å²) in [6.45, 7) is 0. The second-order valence-electron chi connectivity index (χ2n) is 5.00. The molecule has 0 N–H and O–H groups in total. The number of hydrogen-bond acceptors (Lipinski definition) is 0. The SMILES string of the molecule is [CH3][Sn]([CH3])([CH3])[C]#CC#[C][Sn]([CH3])([CH3])[CH3]. The summed E-state index contributed by atoms with van der Waals surface area (Å²) in [4.78, 5) is 13.9. The molecule has 0 aromatic rings. The first-order valence-corrected chi connectivity index (χ1v) is 24.2. The van der Waals surface area contributed by atoms with Crippen molar-refractivity contribution in [2.45, 2.75) is 29.6 Å². The van der Waals surface area contributed by atoms with Crippen molar-refractivity contribution in [2.75, 3.05) is 0 Å². The monoisotopic (exact) mass is 378 g/mol. The maximum absolute atomic E-state index is 3.31. The van der Waals surface area contributed by atoms with E-state index in [1.54, 1.807) is 0 Å². The van der Waals surface area contributed by atoms with Crippen LogP contribution in [-0.2, 0) is 0 Å². The Morgan fingerprint density at radius 2 is 0.833 bits per heavy atom. The van der Waals surface area contributed by atoms with Crippen LogP contribution in [0.4, 0.5) is 0 Å². The topological polar surface area (TPSA) is 0 Å². The zero-order valence-electron chi connectivity index (χ0n) is 9.00. The summed E-state index contributed by atoms with van der Waals surface area (Å²) in [6, 6.07) is 0. The molecule has 0 saturated carbocycles. The summed E-state index contributed by atoms with van der Waals surface area (Å²) < 4.78 is 6.63. The van der Waals surface area contributed by atoms with Crippen molar-refractivity contribution in [1.82, 2.24) is 0 Å². The molecule has 0 rings (SSSR count). The average Bonchev–Trinajstić information content (AvgIpc) is 1.76. The van der Waals surface area contributed by atoms with E-state index in [9.17, 15) is 0 Å². The molecule has 0 atom stereocenters. The van der Waals surface area contributed by atoms with Gasteiger partial charge in [0.1, 0.15) is 0 Å². The van der Waals surface area contributed by atoms with Crippen LogP contribution in [0.25, 0.3) is 0 Å². The first-order valence-electron chi connectivity index (χ1n) is 4.25. The van der Waals surface area contributed by atoms with Gasteiger partial charge < -0.3 is 0 Å². The predicted octanol–water partition coefficient (Wildman–Crippen LogP) is 2.75. The third kappa shape index (κ3) is 10.7. The Morgan fingerprint density at radius 3 is 1.00 bits per heavy atom. The quantitative estimate of drug-likeness (QED) is 0.451. The Kier molecular flexibility index (Phi) is 5.10. The van der Waals surface area contributed by atoms with E-state index in [2.05, 4.69) is 49.4 Å². The van der Waals surface area contributed by atoms with Crippen LogP contribution in [0, 0.1) is 19.7 Å². The van der Waals surface area contributed by atoms with E-state index in [1.165, 1.54) is 0 Å². The Bertz CT molecular complexity index is 225. The molecule has 0 nitrogen and oxygen atoms in total. The minimum absolute atomic E-state index is 1.85. The normalized spacial score (nSPS) is 10.8. The summed E-state index contributed by atoms with van der Waals surface area (Å²) in [5.41, 5.74) is 0. The second-order valence-corrected chi connectivity index (χ2v) is 32.1. The average molecular weight is 376 g/mol. The minimum atomic E-state index is -1.85. The molecule has 0 bridgehead atoms. The number of hydrogen-bond donors (Lipinski definition) is 0. The van der Waals surface area contributed by atoms with Gasteiger partial charge in [-0.2, -0.15) is 0 Å². The molecule has 0 unspecified atom stereocenters. The van der Waals surface area contributed by atoms with E-state index in [0.29, 0.717) is 0 Å². The Balaban J connectivity index is 4.27. The van der Waals surface area contributed by atoms with Gasteiger partial charge in [-0.05, 0) is 0 Å².